The Morgan fingerprint density at radius 1 is 0.849 bits per heavy atom. The Bertz CT molecular complexity index is 1650. The van der Waals surface area contributed by atoms with E-state index >= 15 is 0 Å². The van der Waals surface area contributed by atoms with Crippen LogP contribution in [0.1, 0.15) is 150 Å². The lowest BCUT2D eigenvalue weighted by Gasteiger charge is -2.44. The Labute approximate surface area is 311 Å². The number of benzene rings is 2. The highest BCUT2D eigenvalue weighted by molar-refractivity contribution is 5.92. The lowest BCUT2D eigenvalue weighted by atomic mass is 9.64. The van der Waals surface area contributed by atoms with Crippen LogP contribution in [0.15, 0.2) is 54.6 Å². The average Bonchev–Trinajstić information content (AvgIpc) is 3.67. The summed E-state index contributed by atoms with van der Waals surface area (Å²) >= 11 is 0. The van der Waals surface area contributed by atoms with Crippen LogP contribution in [0.5, 0.6) is 0 Å². The van der Waals surface area contributed by atoms with Gasteiger partial charge in [-0.15, -0.1) is 0 Å². The van der Waals surface area contributed by atoms with Gasteiger partial charge in [-0.05, 0) is 77.0 Å². The molecular weight excluding hydrogens is 690 g/mol. The fourth-order valence-electron chi connectivity index (χ4n) is 8.06. The van der Waals surface area contributed by atoms with E-state index < -0.39 is 35.9 Å². The summed E-state index contributed by atoms with van der Waals surface area (Å²) in [5.41, 5.74) is 2.91. The number of allylic oxidation sites excluding steroid dienone is 1. The van der Waals surface area contributed by atoms with Gasteiger partial charge in [-0.2, -0.15) is 31.4 Å². The van der Waals surface area contributed by atoms with Crippen LogP contribution in [0, 0.1) is 10.8 Å². The Kier molecular flexibility index (Phi) is 13.6. The number of hydrogen-bond acceptors (Lipinski definition) is 3. The summed E-state index contributed by atoms with van der Waals surface area (Å²) in [4.78, 5) is 0. The van der Waals surface area contributed by atoms with Gasteiger partial charge in [0.05, 0.1) is 29.5 Å². The summed E-state index contributed by atoms with van der Waals surface area (Å²) in [6, 6.07) is 14.7. The maximum absolute atomic E-state index is 13.8. The minimum atomic E-state index is -4.48. The first kappa shape index (κ1) is 41.1. The number of hydrogen-bond donors (Lipinski definition) is 0. The third kappa shape index (κ3) is 11.7. The fraction of sp³-hybridized carbons (Fsp3) is 0.605. The minimum absolute atomic E-state index is 0.0139. The van der Waals surface area contributed by atoms with E-state index in [0.717, 1.165) is 42.0 Å². The van der Waals surface area contributed by atoms with Crippen molar-refractivity contribution in [1.29, 1.82) is 0 Å². The molecule has 0 spiro atoms. The zero-order chi connectivity index (χ0) is 38.3. The van der Waals surface area contributed by atoms with Crippen LogP contribution in [0.2, 0.25) is 0 Å². The van der Waals surface area contributed by atoms with E-state index in [1.165, 1.54) is 67.8 Å². The van der Waals surface area contributed by atoms with Crippen molar-refractivity contribution in [1.82, 2.24) is 9.78 Å². The molecule has 2 aromatic carbocycles. The summed E-state index contributed by atoms with van der Waals surface area (Å²) in [5, 5.41) is 4.32. The number of fused-ring (bicyclic) bond motifs is 1. The zero-order valence-corrected chi connectivity index (χ0v) is 31.7. The van der Waals surface area contributed by atoms with Crippen LogP contribution in [-0.2, 0) is 28.8 Å². The summed E-state index contributed by atoms with van der Waals surface area (Å²) in [6.45, 7) is 9.81. The molecular formula is C43H56F6N2O2. The van der Waals surface area contributed by atoms with Crippen molar-refractivity contribution < 1.29 is 35.8 Å². The monoisotopic (exact) mass is 746 g/mol. The van der Waals surface area contributed by atoms with E-state index in [9.17, 15) is 26.3 Å². The van der Waals surface area contributed by atoms with Gasteiger partial charge >= 0.3 is 12.4 Å². The highest BCUT2D eigenvalue weighted by atomic mass is 19.4. The second-order valence-electron chi connectivity index (χ2n) is 16.6. The summed E-state index contributed by atoms with van der Waals surface area (Å²) < 4.78 is 95.6. The van der Waals surface area contributed by atoms with Crippen molar-refractivity contribution in [3.63, 3.8) is 0 Å². The van der Waals surface area contributed by atoms with E-state index in [1.54, 1.807) is 6.07 Å². The van der Waals surface area contributed by atoms with Gasteiger partial charge in [0, 0.05) is 19.1 Å². The molecule has 3 unspecified atom stereocenters. The minimum Gasteiger partial charge on any atom is -0.372 e. The van der Waals surface area contributed by atoms with Crippen molar-refractivity contribution in [3.05, 3.63) is 88.2 Å². The predicted octanol–water partition coefficient (Wildman–Crippen LogP) is 13.1. The molecule has 5 rings (SSSR count). The molecule has 0 saturated carbocycles. The number of halogens is 6. The number of ether oxygens (including phenoxy) is 2. The number of unbranched alkanes of at least 4 members (excludes halogenated alkanes) is 8. The molecule has 3 atom stereocenters. The molecule has 2 heterocycles. The number of nitrogens with zero attached hydrogens (tertiary/aromatic N) is 2. The quantitative estimate of drug-likeness (QED) is 0.102. The second kappa shape index (κ2) is 17.6. The highest BCUT2D eigenvalue weighted by Gasteiger charge is 2.46. The maximum Gasteiger partial charge on any atom is 0.416 e. The van der Waals surface area contributed by atoms with Gasteiger partial charge in [-0.1, -0.05) is 122 Å². The third-order valence-electron chi connectivity index (χ3n) is 10.8. The molecule has 1 saturated heterocycles. The Balaban J connectivity index is 1.23. The first-order chi connectivity index (χ1) is 25.0. The van der Waals surface area contributed by atoms with Crippen molar-refractivity contribution in [2.24, 2.45) is 10.8 Å². The summed E-state index contributed by atoms with van der Waals surface area (Å²) in [5.74, 6) is -0.246. The smallest absolute Gasteiger partial charge is 0.372 e. The SMILES string of the molecule is CC(C)(C)CCCCCCCCCCCOCn1nc(CC(F)(F)F)cc1C1CC(C)(C2C(c3cccc(C(F)(F)F)c3)=Cc3ccccc32)CCO1. The molecule has 3 aromatic rings. The first-order valence-electron chi connectivity index (χ1n) is 19.3. The van der Waals surface area contributed by atoms with E-state index in [4.69, 9.17) is 9.47 Å². The average molecular weight is 747 g/mol. The van der Waals surface area contributed by atoms with Gasteiger partial charge in [0.1, 0.15) is 6.73 Å². The lowest BCUT2D eigenvalue weighted by Crippen LogP contribution is -2.35. The topological polar surface area (TPSA) is 36.3 Å². The molecule has 4 nitrogen and oxygen atoms in total. The van der Waals surface area contributed by atoms with E-state index in [1.807, 2.05) is 30.3 Å². The maximum atomic E-state index is 13.8. The van der Waals surface area contributed by atoms with Crippen LogP contribution < -0.4 is 0 Å². The van der Waals surface area contributed by atoms with Gasteiger partial charge < -0.3 is 9.47 Å². The molecule has 1 fully saturated rings. The Morgan fingerprint density at radius 3 is 2.21 bits per heavy atom. The molecule has 1 aliphatic carbocycles. The standard InChI is InChI=1S/C43H56F6N2O2/c1-40(2,3)21-14-10-8-6-5-7-9-11-15-23-52-30-51-37(27-34(50-51)28-42(44,45)46)38-29-41(4,22-24-53-38)39-35-20-13-12-17-32(35)26-36(39)31-18-16-19-33(25-31)43(47,48)49/h12-13,16-20,25-27,38-39H,5-11,14-15,21-24,28-30H2,1-4H3. The van der Waals surface area contributed by atoms with Crippen molar-refractivity contribution in [2.75, 3.05) is 13.2 Å². The largest absolute Gasteiger partial charge is 0.416 e. The molecule has 0 bridgehead atoms. The third-order valence-corrected chi connectivity index (χ3v) is 10.8. The van der Waals surface area contributed by atoms with Crippen LogP contribution in [-0.4, -0.2) is 29.2 Å². The normalized spacial score (nSPS) is 20.8. The molecule has 53 heavy (non-hydrogen) atoms. The highest BCUT2D eigenvalue weighted by Crippen LogP contribution is 2.58. The molecule has 1 aliphatic heterocycles. The second-order valence-corrected chi connectivity index (χ2v) is 16.6. The van der Waals surface area contributed by atoms with Gasteiger partial charge in [0.25, 0.3) is 0 Å². The number of aromatic nitrogens is 2. The van der Waals surface area contributed by atoms with Gasteiger partial charge in [-0.3, -0.25) is 0 Å². The van der Waals surface area contributed by atoms with E-state index in [-0.39, 0.29) is 18.3 Å². The Morgan fingerprint density at radius 2 is 1.53 bits per heavy atom. The first-order valence-corrected chi connectivity index (χ1v) is 19.3. The molecule has 0 N–H and O–H groups in total. The molecule has 2 aliphatic rings. The van der Waals surface area contributed by atoms with Crippen molar-refractivity contribution in [3.8, 4) is 0 Å². The summed E-state index contributed by atoms with van der Waals surface area (Å²) in [6.07, 6.45) is 4.25. The van der Waals surface area contributed by atoms with Gasteiger partial charge in [0.15, 0.2) is 0 Å². The van der Waals surface area contributed by atoms with Crippen LogP contribution in [0.3, 0.4) is 0 Å². The van der Waals surface area contributed by atoms with Crippen molar-refractivity contribution >= 4 is 11.6 Å². The fourth-order valence-corrected chi connectivity index (χ4v) is 8.06. The predicted molar refractivity (Wildman–Crippen MR) is 198 cm³/mol. The van der Waals surface area contributed by atoms with Crippen LogP contribution in [0.25, 0.3) is 11.6 Å². The summed E-state index contributed by atoms with van der Waals surface area (Å²) in [7, 11) is 0. The number of rotatable bonds is 17. The molecule has 292 valence electrons. The number of alkyl halides is 6. The van der Waals surface area contributed by atoms with Gasteiger partial charge in [0.2, 0.25) is 0 Å². The lowest BCUT2D eigenvalue weighted by molar-refractivity contribution is -0.137. The van der Waals surface area contributed by atoms with E-state index in [0.29, 0.717) is 42.7 Å². The van der Waals surface area contributed by atoms with Gasteiger partial charge in [-0.25, -0.2) is 4.68 Å². The van der Waals surface area contributed by atoms with Crippen molar-refractivity contribution in [2.45, 2.75) is 142 Å². The molecule has 0 radical (unpaired) electrons. The van der Waals surface area contributed by atoms with Crippen LogP contribution in [0.4, 0.5) is 26.3 Å². The molecule has 0 amide bonds. The van der Waals surface area contributed by atoms with E-state index in [2.05, 4.69) is 32.8 Å². The molecule has 1 aromatic heterocycles. The van der Waals surface area contributed by atoms with Crippen LogP contribution >= 0.6 is 0 Å². The molecule has 10 heteroatoms. The zero-order valence-electron chi connectivity index (χ0n) is 31.7. The Hall–Kier alpha value is -3.11.